The number of nitrogens with zero attached hydrogens (tertiary/aromatic N) is 2. The van der Waals surface area contributed by atoms with Crippen LogP contribution in [0.1, 0.15) is 43.6 Å². The lowest BCUT2D eigenvalue weighted by Crippen LogP contribution is -2.47. The number of rotatable bonds is 2. The molecule has 3 rings (SSSR count). The molecule has 0 radical (unpaired) electrons. The van der Waals surface area contributed by atoms with Crippen LogP contribution in [0.15, 0.2) is 39.3 Å². The van der Waals surface area contributed by atoms with E-state index in [0.29, 0.717) is 11.5 Å². The van der Waals surface area contributed by atoms with E-state index in [1.54, 1.807) is 6.07 Å². The summed E-state index contributed by atoms with van der Waals surface area (Å²) in [6.07, 6.45) is 3.27. The standard InChI is InChI=1S/C17H19BrN2O2/c1-11-4-3-5-12(2)20(11)17(21)15-10-16(22-19-15)13-6-8-14(18)9-7-13/h6-12H,3-5H2,1-2H3/t11-,12-/m0/s1. The Bertz CT molecular complexity index is 656. The summed E-state index contributed by atoms with van der Waals surface area (Å²) in [4.78, 5) is 14.7. The highest BCUT2D eigenvalue weighted by Crippen LogP contribution is 2.27. The number of hydrogen-bond acceptors (Lipinski definition) is 3. The van der Waals surface area contributed by atoms with Crippen molar-refractivity contribution in [3.8, 4) is 11.3 Å². The zero-order chi connectivity index (χ0) is 15.7. The van der Waals surface area contributed by atoms with Crippen LogP contribution in [0.5, 0.6) is 0 Å². The molecule has 0 saturated carbocycles. The van der Waals surface area contributed by atoms with E-state index < -0.39 is 0 Å². The Hall–Kier alpha value is -1.62. The van der Waals surface area contributed by atoms with Crippen LogP contribution in [-0.2, 0) is 0 Å². The molecule has 1 aromatic heterocycles. The van der Waals surface area contributed by atoms with E-state index in [-0.39, 0.29) is 18.0 Å². The van der Waals surface area contributed by atoms with Gasteiger partial charge in [-0.1, -0.05) is 33.2 Å². The van der Waals surface area contributed by atoms with Gasteiger partial charge in [0.15, 0.2) is 11.5 Å². The van der Waals surface area contributed by atoms with Gasteiger partial charge in [-0.25, -0.2) is 0 Å². The molecule has 0 bridgehead atoms. The van der Waals surface area contributed by atoms with E-state index in [4.69, 9.17) is 4.52 Å². The second kappa shape index (κ2) is 6.24. The Labute approximate surface area is 138 Å². The van der Waals surface area contributed by atoms with Crippen molar-refractivity contribution in [2.24, 2.45) is 0 Å². The number of amides is 1. The number of aromatic nitrogens is 1. The topological polar surface area (TPSA) is 46.3 Å². The summed E-state index contributed by atoms with van der Waals surface area (Å²) in [5.74, 6) is 0.583. The van der Waals surface area contributed by atoms with Gasteiger partial charge in [0.05, 0.1) is 0 Å². The molecule has 1 aliphatic heterocycles. The number of carbonyl (C=O) groups is 1. The largest absolute Gasteiger partial charge is 0.355 e. The van der Waals surface area contributed by atoms with Crippen molar-refractivity contribution in [1.82, 2.24) is 10.1 Å². The fraction of sp³-hybridized carbons (Fsp3) is 0.412. The van der Waals surface area contributed by atoms with Crippen LogP contribution in [-0.4, -0.2) is 28.0 Å². The number of carbonyl (C=O) groups excluding carboxylic acids is 1. The molecule has 2 atom stereocenters. The molecule has 0 N–H and O–H groups in total. The first-order chi connectivity index (χ1) is 10.6. The highest BCUT2D eigenvalue weighted by Gasteiger charge is 2.31. The molecule has 22 heavy (non-hydrogen) atoms. The number of halogens is 1. The van der Waals surface area contributed by atoms with Gasteiger partial charge in [0.1, 0.15) is 0 Å². The lowest BCUT2D eigenvalue weighted by atomic mass is 9.97. The smallest absolute Gasteiger partial charge is 0.276 e. The molecule has 1 aliphatic rings. The molecule has 116 valence electrons. The van der Waals surface area contributed by atoms with Crippen LogP contribution in [0.2, 0.25) is 0 Å². The van der Waals surface area contributed by atoms with Gasteiger partial charge >= 0.3 is 0 Å². The van der Waals surface area contributed by atoms with E-state index in [1.807, 2.05) is 29.2 Å². The van der Waals surface area contributed by atoms with Crippen LogP contribution in [0.4, 0.5) is 0 Å². The van der Waals surface area contributed by atoms with Crippen molar-refractivity contribution in [3.05, 3.63) is 40.5 Å². The SMILES string of the molecule is C[C@H]1CCC[C@H](C)N1C(=O)c1cc(-c2ccc(Br)cc2)on1. The van der Waals surface area contributed by atoms with E-state index in [2.05, 4.69) is 34.9 Å². The molecule has 1 amide bonds. The summed E-state index contributed by atoms with van der Waals surface area (Å²) in [5, 5.41) is 3.98. The van der Waals surface area contributed by atoms with Crippen molar-refractivity contribution in [2.75, 3.05) is 0 Å². The Kier molecular flexibility index (Phi) is 4.34. The average Bonchev–Trinajstić information content (AvgIpc) is 2.97. The van der Waals surface area contributed by atoms with Gasteiger partial charge in [-0.15, -0.1) is 0 Å². The Balaban J connectivity index is 1.83. The second-order valence-electron chi connectivity index (χ2n) is 5.92. The van der Waals surface area contributed by atoms with E-state index in [0.717, 1.165) is 22.9 Å². The summed E-state index contributed by atoms with van der Waals surface area (Å²) in [6, 6.07) is 9.99. The fourth-order valence-electron chi connectivity index (χ4n) is 3.08. The Morgan fingerprint density at radius 3 is 2.50 bits per heavy atom. The molecular weight excluding hydrogens is 344 g/mol. The van der Waals surface area contributed by atoms with Crippen molar-refractivity contribution in [2.45, 2.75) is 45.2 Å². The van der Waals surface area contributed by atoms with E-state index >= 15 is 0 Å². The molecular formula is C17H19BrN2O2. The van der Waals surface area contributed by atoms with Crippen molar-refractivity contribution in [1.29, 1.82) is 0 Å². The minimum Gasteiger partial charge on any atom is -0.355 e. The molecule has 2 heterocycles. The van der Waals surface area contributed by atoms with Crippen LogP contribution in [0.25, 0.3) is 11.3 Å². The first kappa shape index (κ1) is 15.3. The van der Waals surface area contributed by atoms with Gasteiger partial charge in [0.25, 0.3) is 5.91 Å². The molecule has 0 spiro atoms. The lowest BCUT2D eigenvalue weighted by molar-refractivity contribution is 0.0500. The predicted molar refractivity (Wildman–Crippen MR) is 88.6 cm³/mol. The summed E-state index contributed by atoms with van der Waals surface area (Å²) in [6.45, 7) is 4.20. The highest BCUT2D eigenvalue weighted by atomic mass is 79.9. The molecule has 0 aliphatic carbocycles. The fourth-order valence-corrected chi connectivity index (χ4v) is 3.34. The summed E-state index contributed by atoms with van der Waals surface area (Å²) >= 11 is 3.40. The summed E-state index contributed by atoms with van der Waals surface area (Å²) < 4.78 is 6.36. The average molecular weight is 363 g/mol. The predicted octanol–water partition coefficient (Wildman–Crippen LogP) is 4.51. The molecule has 1 aromatic carbocycles. The Morgan fingerprint density at radius 2 is 1.86 bits per heavy atom. The number of piperidine rings is 1. The van der Waals surface area contributed by atoms with Crippen LogP contribution >= 0.6 is 15.9 Å². The molecule has 1 saturated heterocycles. The monoisotopic (exact) mass is 362 g/mol. The summed E-state index contributed by atoms with van der Waals surface area (Å²) in [5.41, 5.74) is 1.30. The van der Waals surface area contributed by atoms with Gasteiger partial charge in [0.2, 0.25) is 0 Å². The summed E-state index contributed by atoms with van der Waals surface area (Å²) in [7, 11) is 0. The quantitative estimate of drug-likeness (QED) is 0.789. The minimum atomic E-state index is -0.0354. The zero-order valence-corrected chi connectivity index (χ0v) is 14.3. The number of benzene rings is 1. The maximum Gasteiger partial charge on any atom is 0.276 e. The number of likely N-dealkylation sites (tertiary alicyclic amines) is 1. The number of hydrogen-bond donors (Lipinski definition) is 0. The minimum absolute atomic E-state index is 0.0354. The normalized spacial score (nSPS) is 21.9. The van der Waals surface area contributed by atoms with Gasteiger partial charge in [0, 0.05) is 28.2 Å². The third-order valence-corrected chi connectivity index (χ3v) is 4.81. The van der Waals surface area contributed by atoms with Gasteiger partial charge in [-0.05, 0) is 45.2 Å². The zero-order valence-electron chi connectivity index (χ0n) is 12.8. The second-order valence-corrected chi connectivity index (χ2v) is 6.84. The van der Waals surface area contributed by atoms with Crippen LogP contribution in [0.3, 0.4) is 0 Å². The first-order valence-electron chi connectivity index (χ1n) is 7.61. The third-order valence-electron chi connectivity index (χ3n) is 4.29. The molecule has 2 aromatic rings. The molecule has 0 unspecified atom stereocenters. The maximum atomic E-state index is 12.7. The lowest BCUT2D eigenvalue weighted by Gasteiger charge is -2.38. The maximum absolute atomic E-state index is 12.7. The molecule has 4 nitrogen and oxygen atoms in total. The third kappa shape index (κ3) is 2.95. The van der Waals surface area contributed by atoms with Gasteiger partial charge in [-0.2, -0.15) is 0 Å². The van der Waals surface area contributed by atoms with E-state index in [9.17, 15) is 4.79 Å². The highest BCUT2D eigenvalue weighted by molar-refractivity contribution is 9.10. The van der Waals surface area contributed by atoms with E-state index in [1.165, 1.54) is 6.42 Å². The van der Waals surface area contributed by atoms with Gasteiger partial charge < -0.3 is 9.42 Å². The first-order valence-corrected chi connectivity index (χ1v) is 8.41. The van der Waals surface area contributed by atoms with Crippen molar-refractivity contribution < 1.29 is 9.32 Å². The van der Waals surface area contributed by atoms with Crippen LogP contribution in [0, 0.1) is 0 Å². The van der Waals surface area contributed by atoms with Crippen molar-refractivity contribution in [3.63, 3.8) is 0 Å². The van der Waals surface area contributed by atoms with Crippen molar-refractivity contribution >= 4 is 21.8 Å². The molecule has 1 fully saturated rings. The Morgan fingerprint density at radius 1 is 1.23 bits per heavy atom. The molecule has 5 heteroatoms. The van der Waals surface area contributed by atoms with Gasteiger partial charge in [-0.3, -0.25) is 4.79 Å². The van der Waals surface area contributed by atoms with Crippen LogP contribution < -0.4 is 0 Å².